The molecule has 1 N–H and O–H groups in total. The van der Waals surface area contributed by atoms with Crippen LogP contribution in [0.4, 0.5) is 4.39 Å². The molecule has 148 valence electrons. The molecule has 1 aliphatic heterocycles. The normalized spacial score (nSPS) is 21.4. The number of carbonyl (C=O) groups excluding carboxylic acids is 3. The van der Waals surface area contributed by atoms with Crippen molar-refractivity contribution in [3.05, 3.63) is 82.3 Å². The Hall–Kier alpha value is -3.28. The van der Waals surface area contributed by atoms with Crippen molar-refractivity contribution in [3.8, 4) is 0 Å². The summed E-state index contributed by atoms with van der Waals surface area (Å²) in [6.07, 6.45) is 1.02. The van der Waals surface area contributed by atoms with E-state index in [4.69, 9.17) is 4.74 Å². The molecule has 5 nitrogen and oxygen atoms in total. The van der Waals surface area contributed by atoms with Crippen LogP contribution in [0.3, 0.4) is 0 Å². The summed E-state index contributed by atoms with van der Waals surface area (Å²) in [5.74, 6) is -1.35. The monoisotopic (exact) mass is 393 g/mol. The minimum Gasteiger partial charge on any atom is -0.465 e. The van der Waals surface area contributed by atoms with E-state index in [9.17, 15) is 18.8 Å². The van der Waals surface area contributed by atoms with E-state index >= 15 is 0 Å². The summed E-state index contributed by atoms with van der Waals surface area (Å²) < 4.78 is 17.9. The highest BCUT2D eigenvalue weighted by molar-refractivity contribution is 6.02. The maximum absolute atomic E-state index is 13.2. The number of esters is 1. The van der Waals surface area contributed by atoms with E-state index < -0.39 is 5.97 Å². The molecule has 0 unspecified atom stereocenters. The van der Waals surface area contributed by atoms with E-state index in [1.165, 1.54) is 19.2 Å². The first-order valence-corrected chi connectivity index (χ1v) is 9.46. The fourth-order valence-electron chi connectivity index (χ4n) is 4.18. The van der Waals surface area contributed by atoms with Gasteiger partial charge in [0.25, 0.3) is 0 Å². The first-order chi connectivity index (χ1) is 14.0. The number of hydrogen-bond acceptors (Lipinski definition) is 4. The Morgan fingerprint density at radius 1 is 0.966 bits per heavy atom. The van der Waals surface area contributed by atoms with Gasteiger partial charge < -0.3 is 10.1 Å². The lowest BCUT2D eigenvalue weighted by atomic mass is 9.73. The van der Waals surface area contributed by atoms with Crippen molar-refractivity contribution in [3.63, 3.8) is 0 Å². The van der Waals surface area contributed by atoms with E-state index in [1.54, 1.807) is 36.4 Å². The lowest BCUT2D eigenvalue weighted by molar-refractivity contribution is -0.122. The molecule has 0 saturated heterocycles. The number of Topliss-reactive ketones (excluding diaryl/α,β-unsaturated/α-hetero) is 1. The van der Waals surface area contributed by atoms with Gasteiger partial charge in [-0.1, -0.05) is 24.3 Å². The molecule has 0 aromatic heterocycles. The zero-order valence-corrected chi connectivity index (χ0v) is 15.9. The van der Waals surface area contributed by atoms with Gasteiger partial charge in [0.15, 0.2) is 5.78 Å². The average molecular weight is 393 g/mol. The van der Waals surface area contributed by atoms with E-state index in [2.05, 4.69) is 5.32 Å². The van der Waals surface area contributed by atoms with Crippen LogP contribution in [0.2, 0.25) is 0 Å². The molecule has 2 aromatic carbocycles. The van der Waals surface area contributed by atoms with Crippen LogP contribution in [-0.2, 0) is 14.3 Å². The van der Waals surface area contributed by atoms with Crippen LogP contribution in [-0.4, -0.2) is 24.8 Å². The topological polar surface area (TPSA) is 72.5 Å². The Balaban J connectivity index is 1.66. The first-order valence-electron chi connectivity index (χ1n) is 9.46. The second-order valence-corrected chi connectivity index (χ2v) is 7.39. The molecular weight excluding hydrogens is 373 g/mol. The van der Waals surface area contributed by atoms with Crippen LogP contribution in [0.1, 0.15) is 52.6 Å². The quantitative estimate of drug-likeness (QED) is 0.809. The third-order valence-electron chi connectivity index (χ3n) is 5.61. The van der Waals surface area contributed by atoms with Crippen molar-refractivity contribution in [1.29, 1.82) is 0 Å². The fourth-order valence-corrected chi connectivity index (χ4v) is 4.18. The highest BCUT2D eigenvalue weighted by Gasteiger charge is 2.38. The molecule has 0 saturated carbocycles. The molecule has 2 aromatic rings. The minimum absolute atomic E-state index is 0.0115. The Morgan fingerprint density at radius 3 is 2.28 bits per heavy atom. The number of allylic oxidation sites excluding steroid dienone is 2. The number of ether oxygens (including phenoxy) is 1. The third-order valence-corrected chi connectivity index (χ3v) is 5.61. The van der Waals surface area contributed by atoms with Crippen LogP contribution in [0.25, 0.3) is 0 Å². The van der Waals surface area contributed by atoms with E-state index in [0.717, 1.165) is 11.1 Å². The molecule has 0 fully saturated rings. The number of carbonyl (C=O) groups is 3. The Kier molecular flexibility index (Phi) is 5.01. The number of hydrogen-bond donors (Lipinski definition) is 1. The molecular formula is C23H20FNO4. The lowest BCUT2D eigenvalue weighted by Gasteiger charge is -2.34. The minimum atomic E-state index is -0.436. The molecule has 2 aliphatic rings. The molecule has 4 rings (SSSR count). The van der Waals surface area contributed by atoms with Gasteiger partial charge in [-0.05, 0) is 47.7 Å². The Morgan fingerprint density at radius 2 is 1.62 bits per heavy atom. The van der Waals surface area contributed by atoms with Crippen molar-refractivity contribution >= 4 is 17.7 Å². The van der Waals surface area contributed by atoms with Gasteiger partial charge in [-0.25, -0.2) is 9.18 Å². The van der Waals surface area contributed by atoms with Crippen molar-refractivity contribution < 1.29 is 23.5 Å². The van der Waals surface area contributed by atoms with Gasteiger partial charge in [0.05, 0.1) is 12.7 Å². The maximum atomic E-state index is 13.2. The molecule has 0 bridgehead atoms. The molecule has 1 heterocycles. The van der Waals surface area contributed by atoms with Crippen LogP contribution in [0, 0.1) is 5.82 Å². The van der Waals surface area contributed by atoms with Crippen molar-refractivity contribution in [1.82, 2.24) is 5.32 Å². The first kappa shape index (κ1) is 19.1. The number of halogens is 1. The molecule has 6 heteroatoms. The summed E-state index contributed by atoms with van der Waals surface area (Å²) in [4.78, 5) is 37.0. The van der Waals surface area contributed by atoms with Gasteiger partial charge in [-0.2, -0.15) is 0 Å². The maximum Gasteiger partial charge on any atom is 0.337 e. The molecule has 1 amide bonds. The predicted molar refractivity (Wildman–Crippen MR) is 104 cm³/mol. The average Bonchev–Trinajstić information content (AvgIpc) is 2.72. The molecule has 2 atom stereocenters. The SMILES string of the molecule is COC(=O)c1ccc([C@@H]2CC(=O)NC3=C2C(=O)C[C@@H](c2ccc(F)cc2)C3)cc1. The summed E-state index contributed by atoms with van der Waals surface area (Å²) in [6.45, 7) is 0. The van der Waals surface area contributed by atoms with Crippen molar-refractivity contribution in [2.24, 2.45) is 0 Å². The predicted octanol–water partition coefficient (Wildman–Crippen LogP) is 3.62. The number of ketones is 1. The van der Waals surface area contributed by atoms with Gasteiger partial charge in [0, 0.05) is 30.0 Å². The van der Waals surface area contributed by atoms with Gasteiger partial charge in [0.1, 0.15) is 5.82 Å². The van der Waals surface area contributed by atoms with Gasteiger partial charge >= 0.3 is 5.97 Å². The lowest BCUT2D eigenvalue weighted by Crippen LogP contribution is -2.38. The number of nitrogens with one attached hydrogen (secondary N) is 1. The Labute approximate surface area is 167 Å². The van der Waals surface area contributed by atoms with E-state index in [0.29, 0.717) is 29.7 Å². The van der Waals surface area contributed by atoms with Crippen LogP contribution >= 0.6 is 0 Å². The van der Waals surface area contributed by atoms with Gasteiger partial charge in [-0.15, -0.1) is 0 Å². The summed E-state index contributed by atoms with van der Waals surface area (Å²) in [7, 11) is 1.32. The largest absolute Gasteiger partial charge is 0.465 e. The number of rotatable bonds is 3. The number of amides is 1. The highest BCUT2D eigenvalue weighted by Crippen LogP contribution is 2.42. The third kappa shape index (κ3) is 3.70. The summed E-state index contributed by atoms with van der Waals surface area (Å²) in [5, 5.41) is 2.87. The van der Waals surface area contributed by atoms with Crippen molar-refractivity contribution in [2.45, 2.75) is 31.1 Å². The fraction of sp³-hybridized carbons (Fsp3) is 0.261. The van der Waals surface area contributed by atoms with Crippen LogP contribution in [0.15, 0.2) is 59.8 Å². The summed E-state index contributed by atoms with van der Waals surface area (Å²) in [6, 6.07) is 13.0. The number of benzene rings is 2. The van der Waals surface area contributed by atoms with E-state index in [1.807, 2.05) is 0 Å². The zero-order valence-electron chi connectivity index (χ0n) is 15.9. The molecule has 1 aliphatic carbocycles. The van der Waals surface area contributed by atoms with Crippen LogP contribution in [0.5, 0.6) is 0 Å². The smallest absolute Gasteiger partial charge is 0.337 e. The Bertz CT molecular complexity index is 1010. The van der Waals surface area contributed by atoms with Crippen molar-refractivity contribution in [2.75, 3.05) is 7.11 Å². The number of methoxy groups -OCH3 is 1. The molecule has 29 heavy (non-hydrogen) atoms. The van der Waals surface area contributed by atoms with Gasteiger partial charge in [-0.3, -0.25) is 9.59 Å². The van der Waals surface area contributed by atoms with E-state index in [-0.39, 0.29) is 35.8 Å². The summed E-state index contributed by atoms with van der Waals surface area (Å²) in [5.41, 5.74) is 3.39. The summed E-state index contributed by atoms with van der Waals surface area (Å²) >= 11 is 0. The molecule has 0 radical (unpaired) electrons. The standard InChI is InChI=1S/C23H20FNO4/c1-29-23(28)15-4-2-14(3-5-15)18-12-21(27)25-19-10-16(11-20(26)22(18)19)13-6-8-17(24)9-7-13/h2-9,16,18H,10-12H2,1H3,(H,25,27)/t16-,18-/m0/s1. The molecule has 0 spiro atoms. The second-order valence-electron chi connectivity index (χ2n) is 7.39. The van der Waals surface area contributed by atoms with Gasteiger partial charge in [0.2, 0.25) is 5.91 Å². The highest BCUT2D eigenvalue weighted by atomic mass is 19.1. The second kappa shape index (κ2) is 7.62. The van der Waals surface area contributed by atoms with Crippen LogP contribution < -0.4 is 5.32 Å². The zero-order chi connectivity index (χ0) is 20.5.